The third kappa shape index (κ3) is 2.61. The molecule has 82 valence electrons. The smallest absolute Gasteiger partial charge is 0.114 e. The second-order valence-electron chi connectivity index (χ2n) is 3.60. The van der Waals surface area contributed by atoms with Crippen LogP contribution in [0.3, 0.4) is 0 Å². The molecule has 0 radical (unpaired) electrons. The Hall–Kier alpha value is -0.800. The molecule has 15 heavy (non-hydrogen) atoms. The van der Waals surface area contributed by atoms with Crippen molar-refractivity contribution in [3.05, 3.63) is 34.2 Å². The Labute approximate surface area is 95.0 Å². The van der Waals surface area contributed by atoms with Gasteiger partial charge in [0.2, 0.25) is 0 Å². The van der Waals surface area contributed by atoms with Gasteiger partial charge in [-0.2, -0.15) is 0 Å². The Morgan fingerprint density at radius 1 is 1.60 bits per heavy atom. The highest BCUT2D eigenvalue weighted by molar-refractivity contribution is 7.10. The summed E-state index contributed by atoms with van der Waals surface area (Å²) >= 11 is 1.78. The third-order valence-electron chi connectivity index (χ3n) is 2.48. The number of hydrogen-bond donors (Lipinski definition) is 1. The maximum atomic E-state index is 5.72. The van der Waals surface area contributed by atoms with Crippen LogP contribution in [0.2, 0.25) is 0 Å². The summed E-state index contributed by atoms with van der Waals surface area (Å²) in [5, 5.41) is 5.59. The van der Waals surface area contributed by atoms with Gasteiger partial charge >= 0.3 is 0 Å². The first-order chi connectivity index (χ1) is 7.42. The molecule has 2 rings (SSSR count). The minimum absolute atomic E-state index is 0.260. The molecule has 0 aliphatic carbocycles. The molecule has 0 saturated heterocycles. The summed E-state index contributed by atoms with van der Waals surface area (Å²) in [6, 6.07) is 4.51. The van der Waals surface area contributed by atoms with Gasteiger partial charge in [-0.3, -0.25) is 0 Å². The Morgan fingerprint density at radius 2 is 2.53 bits per heavy atom. The predicted octanol–water partition coefficient (Wildman–Crippen LogP) is 3.09. The second kappa shape index (κ2) is 5.33. The van der Waals surface area contributed by atoms with Gasteiger partial charge in [0.15, 0.2) is 0 Å². The average molecular weight is 223 g/mol. The van der Waals surface area contributed by atoms with Crippen LogP contribution >= 0.6 is 11.3 Å². The lowest BCUT2D eigenvalue weighted by molar-refractivity contribution is 0.169. The van der Waals surface area contributed by atoms with Crippen LogP contribution in [0.15, 0.2) is 29.3 Å². The lowest BCUT2D eigenvalue weighted by Crippen LogP contribution is -2.24. The van der Waals surface area contributed by atoms with Crippen molar-refractivity contribution >= 4 is 11.3 Å². The van der Waals surface area contributed by atoms with Crippen molar-refractivity contribution in [1.29, 1.82) is 0 Å². The lowest BCUT2D eigenvalue weighted by atomic mass is 10.1. The summed E-state index contributed by atoms with van der Waals surface area (Å²) in [6.07, 6.45) is 4.51. The topological polar surface area (TPSA) is 21.3 Å². The van der Waals surface area contributed by atoms with Gasteiger partial charge in [0.05, 0.1) is 12.6 Å². The molecule has 1 aliphatic rings. The molecular formula is C12H17NOS. The molecule has 0 saturated carbocycles. The van der Waals surface area contributed by atoms with Crippen LogP contribution in [0.4, 0.5) is 0 Å². The SMILES string of the molecule is CCNC(C1=CCCCO1)c1cccs1. The molecule has 2 heterocycles. The molecule has 2 nitrogen and oxygen atoms in total. The molecule has 3 heteroatoms. The highest BCUT2D eigenvalue weighted by atomic mass is 32.1. The zero-order valence-electron chi connectivity index (χ0n) is 9.03. The van der Waals surface area contributed by atoms with Crippen LogP contribution in [-0.4, -0.2) is 13.2 Å². The fourth-order valence-corrected chi connectivity index (χ4v) is 2.59. The number of allylic oxidation sites excluding steroid dienone is 1. The van der Waals surface area contributed by atoms with Gasteiger partial charge in [0, 0.05) is 4.88 Å². The Kier molecular flexibility index (Phi) is 3.80. The summed E-state index contributed by atoms with van der Waals surface area (Å²) < 4.78 is 5.72. The summed E-state index contributed by atoms with van der Waals surface area (Å²) in [6.45, 7) is 3.95. The van der Waals surface area contributed by atoms with E-state index in [0.29, 0.717) is 0 Å². The van der Waals surface area contributed by atoms with E-state index in [9.17, 15) is 0 Å². The van der Waals surface area contributed by atoms with Gasteiger partial charge in [-0.15, -0.1) is 11.3 Å². The maximum Gasteiger partial charge on any atom is 0.114 e. The van der Waals surface area contributed by atoms with Crippen molar-refractivity contribution in [2.45, 2.75) is 25.8 Å². The number of hydrogen-bond acceptors (Lipinski definition) is 3. The Balaban J connectivity index is 2.15. The van der Waals surface area contributed by atoms with Crippen molar-refractivity contribution in [3.63, 3.8) is 0 Å². The molecule has 1 aromatic rings. The number of ether oxygens (including phenoxy) is 1. The van der Waals surface area contributed by atoms with E-state index in [1.54, 1.807) is 11.3 Å². The normalized spacial score (nSPS) is 18.1. The first-order valence-corrected chi connectivity index (χ1v) is 6.39. The molecule has 0 bridgehead atoms. The van der Waals surface area contributed by atoms with Crippen LogP contribution in [0.5, 0.6) is 0 Å². The summed E-state index contributed by atoms with van der Waals surface area (Å²) in [5.74, 6) is 1.10. The van der Waals surface area contributed by atoms with Crippen LogP contribution in [-0.2, 0) is 4.74 Å². The summed E-state index contributed by atoms with van der Waals surface area (Å²) in [7, 11) is 0. The number of nitrogens with one attached hydrogen (secondary N) is 1. The highest BCUT2D eigenvalue weighted by Crippen LogP contribution is 2.28. The molecule has 0 spiro atoms. The van der Waals surface area contributed by atoms with Gasteiger partial charge in [-0.1, -0.05) is 13.0 Å². The highest BCUT2D eigenvalue weighted by Gasteiger charge is 2.19. The fraction of sp³-hybridized carbons (Fsp3) is 0.500. The molecule has 1 N–H and O–H groups in total. The third-order valence-corrected chi connectivity index (χ3v) is 3.42. The van der Waals surface area contributed by atoms with E-state index in [-0.39, 0.29) is 6.04 Å². The molecular weight excluding hydrogens is 206 g/mol. The van der Waals surface area contributed by atoms with Crippen molar-refractivity contribution in [2.75, 3.05) is 13.2 Å². The Bertz CT molecular complexity index is 318. The van der Waals surface area contributed by atoms with Gasteiger partial charge < -0.3 is 10.1 Å². The molecule has 0 amide bonds. The van der Waals surface area contributed by atoms with Crippen LogP contribution < -0.4 is 5.32 Å². The van der Waals surface area contributed by atoms with Gasteiger partial charge in [0.25, 0.3) is 0 Å². The molecule has 1 aliphatic heterocycles. The molecule has 0 fully saturated rings. The standard InChI is InChI=1S/C12H17NOS/c1-2-13-12(11-7-5-9-15-11)10-6-3-4-8-14-10/h5-7,9,12-13H,2-4,8H2,1H3. The van der Waals surface area contributed by atoms with Crippen molar-refractivity contribution in [3.8, 4) is 0 Å². The zero-order valence-corrected chi connectivity index (χ0v) is 9.85. The molecule has 1 aromatic heterocycles. The maximum absolute atomic E-state index is 5.72. The molecule has 1 unspecified atom stereocenters. The lowest BCUT2D eigenvalue weighted by Gasteiger charge is -2.23. The Morgan fingerprint density at radius 3 is 3.13 bits per heavy atom. The first-order valence-electron chi connectivity index (χ1n) is 5.51. The van der Waals surface area contributed by atoms with Crippen LogP contribution in [0.25, 0.3) is 0 Å². The second-order valence-corrected chi connectivity index (χ2v) is 4.58. The monoisotopic (exact) mass is 223 g/mol. The van der Waals surface area contributed by atoms with Crippen LogP contribution in [0.1, 0.15) is 30.7 Å². The van der Waals surface area contributed by atoms with E-state index in [1.165, 1.54) is 4.88 Å². The minimum atomic E-state index is 0.260. The van der Waals surface area contributed by atoms with Crippen molar-refractivity contribution in [2.24, 2.45) is 0 Å². The zero-order chi connectivity index (χ0) is 10.5. The largest absolute Gasteiger partial charge is 0.496 e. The van der Waals surface area contributed by atoms with Crippen molar-refractivity contribution < 1.29 is 4.74 Å². The van der Waals surface area contributed by atoms with Gasteiger partial charge in [-0.25, -0.2) is 0 Å². The predicted molar refractivity (Wildman–Crippen MR) is 64.0 cm³/mol. The van der Waals surface area contributed by atoms with E-state index in [0.717, 1.165) is 31.8 Å². The number of likely N-dealkylation sites (N-methyl/N-ethyl adjacent to an activating group) is 1. The summed E-state index contributed by atoms with van der Waals surface area (Å²) in [4.78, 5) is 1.34. The van der Waals surface area contributed by atoms with Crippen molar-refractivity contribution in [1.82, 2.24) is 5.32 Å². The van der Waals surface area contributed by atoms with E-state index < -0.39 is 0 Å². The quantitative estimate of drug-likeness (QED) is 0.847. The fourth-order valence-electron chi connectivity index (χ4n) is 1.78. The first kappa shape index (κ1) is 10.7. The van der Waals surface area contributed by atoms with E-state index >= 15 is 0 Å². The van der Waals surface area contributed by atoms with Gasteiger partial charge in [0.1, 0.15) is 5.76 Å². The average Bonchev–Trinajstić information content (AvgIpc) is 2.80. The van der Waals surface area contributed by atoms with Gasteiger partial charge in [-0.05, 0) is 36.9 Å². The van der Waals surface area contributed by atoms with E-state index in [2.05, 4.69) is 35.8 Å². The van der Waals surface area contributed by atoms with E-state index in [4.69, 9.17) is 4.74 Å². The molecule has 1 atom stereocenters. The molecule has 0 aromatic carbocycles. The number of rotatable bonds is 4. The van der Waals surface area contributed by atoms with Crippen LogP contribution in [0, 0.1) is 0 Å². The minimum Gasteiger partial charge on any atom is -0.496 e. The summed E-state index contributed by atoms with van der Waals surface area (Å²) in [5.41, 5.74) is 0. The number of thiophene rings is 1. The van der Waals surface area contributed by atoms with E-state index in [1.807, 2.05) is 0 Å².